The Balaban J connectivity index is 1.63. The molecular weight excluding hydrogens is 346 g/mol. The van der Waals surface area contributed by atoms with Gasteiger partial charge in [-0.3, -0.25) is 10.1 Å². The largest absolute Gasteiger partial charge is 0.407 e. The minimum absolute atomic E-state index is 0.0703. The maximum absolute atomic E-state index is 12.1. The summed E-state index contributed by atoms with van der Waals surface area (Å²) < 4.78 is 9.21. The number of rotatable bonds is 6. The molecule has 2 aromatic heterocycles. The number of aromatic nitrogens is 4. The Morgan fingerprint density at radius 3 is 2.71 bits per heavy atom. The minimum atomic E-state index is -0.348. The first-order chi connectivity index (χ1) is 11.7. The van der Waals surface area contributed by atoms with Gasteiger partial charge in [0.2, 0.25) is 5.89 Å². The molecule has 9 heteroatoms. The molecule has 0 radical (unpaired) electrons. The fourth-order valence-electron chi connectivity index (χ4n) is 2.01. The third-order valence-corrected chi connectivity index (χ3v) is 4.86. The number of carbonyl (C=O) groups is 1. The molecule has 0 aliphatic rings. The molecule has 0 aliphatic heterocycles. The molecule has 0 atom stereocenters. The van der Waals surface area contributed by atoms with Crippen molar-refractivity contribution >= 4 is 35.2 Å². The molecule has 0 saturated heterocycles. The number of aryl methyl sites for hydroxylation is 1. The zero-order valence-corrected chi connectivity index (χ0v) is 14.8. The molecule has 124 valence electrons. The van der Waals surface area contributed by atoms with Crippen LogP contribution in [0.25, 0.3) is 0 Å². The summed E-state index contributed by atoms with van der Waals surface area (Å²) in [7, 11) is 0. The topological polar surface area (TPSA) is 93.8 Å². The second-order valence-corrected chi connectivity index (χ2v) is 6.99. The number of amides is 1. The van der Waals surface area contributed by atoms with Crippen LogP contribution in [0.2, 0.25) is 0 Å². The number of hydrogen-bond donors (Lipinski definition) is 1. The normalized spacial score (nSPS) is 10.8. The van der Waals surface area contributed by atoms with Gasteiger partial charge in [-0.2, -0.15) is 0 Å². The summed E-state index contributed by atoms with van der Waals surface area (Å²) in [4.78, 5) is 13.7. The molecule has 1 amide bonds. The smallest absolute Gasteiger partial charge is 0.322 e. The molecule has 0 unspecified atom stereocenters. The Morgan fingerprint density at radius 2 is 2.04 bits per heavy atom. The van der Waals surface area contributed by atoms with Crippen LogP contribution in [0.4, 0.5) is 6.01 Å². The van der Waals surface area contributed by atoms with Crippen molar-refractivity contribution in [2.45, 2.75) is 25.2 Å². The van der Waals surface area contributed by atoms with Gasteiger partial charge in [0.25, 0.3) is 5.91 Å². The summed E-state index contributed by atoms with van der Waals surface area (Å²) in [5, 5.41) is 14.2. The van der Waals surface area contributed by atoms with Gasteiger partial charge in [-0.1, -0.05) is 28.6 Å². The van der Waals surface area contributed by atoms with E-state index in [9.17, 15) is 4.79 Å². The van der Waals surface area contributed by atoms with Crippen LogP contribution < -0.4 is 5.32 Å². The lowest BCUT2D eigenvalue weighted by Crippen LogP contribution is -2.11. The number of benzene rings is 1. The van der Waals surface area contributed by atoms with Crippen molar-refractivity contribution in [3.8, 4) is 0 Å². The first kappa shape index (κ1) is 16.6. The minimum Gasteiger partial charge on any atom is -0.407 e. The molecule has 2 heterocycles. The van der Waals surface area contributed by atoms with E-state index in [0.717, 1.165) is 22.8 Å². The van der Waals surface area contributed by atoms with Crippen LogP contribution >= 0.6 is 23.3 Å². The quantitative estimate of drug-likeness (QED) is 0.674. The van der Waals surface area contributed by atoms with E-state index in [-0.39, 0.29) is 11.9 Å². The third-order valence-electron chi connectivity index (χ3n) is 3.13. The zero-order chi connectivity index (χ0) is 16.9. The molecule has 1 aromatic carbocycles. The lowest BCUT2D eigenvalue weighted by molar-refractivity contribution is 0.102. The first-order valence-electron chi connectivity index (χ1n) is 7.30. The van der Waals surface area contributed by atoms with Crippen molar-refractivity contribution in [1.29, 1.82) is 0 Å². The van der Waals surface area contributed by atoms with Gasteiger partial charge in [0.1, 0.15) is 4.88 Å². The molecule has 1 N–H and O–H groups in total. The van der Waals surface area contributed by atoms with Crippen LogP contribution in [-0.2, 0) is 6.42 Å². The summed E-state index contributed by atoms with van der Waals surface area (Å²) in [5.74, 6) is 1.14. The fraction of sp³-hybridized carbons (Fsp3) is 0.267. The van der Waals surface area contributed by atoms with Crippen molar-refractivity contribution < 1.29 is 9.21 Å². The highest BCUT2D eigenvalue weighted by molar-refractivity contribution is 7.99. The van der Waals surface area contributed by atoms with E-state index in [0.29, 0.717) is 22.9 Å². The first-order valence-corrected chi connectivity index (χ1v) is 9.06. The van der Waals surface area contributed by atoms with Crippen LogP contribution in [0, 0.1) is 6.92 Å². The fourth-order valence-corrected chi connectivity index (χ4v) is 3.23. The Bertz CT molecular complexity index is 829. The molecule has 0 bridgehead atoms. The molecule has 7 nitrogen and oxygen atoms in total. The predicted molar refractivity (Wildman–Crippen MR) is 92.5 cm³/mol. The van der Waals surface area contributed by atoms with Crippen LogP contribution in [0.3, 0.4) is 0 Å². The predicted octanol–water partition coefficient (Wildman–Crippen LogP) is 3.18. The standard InChI is InChI=1S/C15H15N5O2S2/c1-3-23-11-6-4-10(5-7-11)8-12-18-19-15(22-12)16-14(21)13-9(2)17-20-24-13/h4-7H,3,8H2,1-2H3,(H,16,19,21). The van der Waals surface area contributed by atoms with Crippen molar-refractivity contribution in [1.82, 2.24) is 19.8 Å². The van der Waals surface area contributed by atoms with Gasteiger partial charge >= 0.3 is 6.01 Å². The summed E-state index contributed by atoms with van der Waals surface area (Å²) >= 11 is 2.82. The maximum atomic E-state index is 12.1. The average Bonchev–Trinajstić information content (AvgIpc) is 3.18. The molecule has 24 heavy (non-hydrogen) atoms. The average molecular weight is 361 g/mol. The zero-order valence-electron chi connectivity index (χ0n) is 13.1. The monoisotopic (exact) mass is 361 g/mol. The third kappa shape index (κ3) is 3.98. The van der Waals surface area contributed by atoms with Crippen molar-refractivity contribution in [2.75, 3.05) is 11.1 Å². The Hall–Kier alpha value is -2.26. The highest BCUT2D eigenvalue weighted by atomic mass is 32.2. The molecule has 0 aliphatic carbocycles. The molecular formula is C15H15N5O2S2. The van der Waals surface area contributed by atoms with Crippen LogP contribution in [0.15, 0.2) is 33.6 Å². The van der Waals surface area contributed by atoms with Crippen LogP contribution in [0.1, 0.15) is 33.7 Å². The van der Waals surface area contributed by atoms with Gasteiger partial charge in [0, 0.05) is 4.90 Å². The van der Waals surface area contributed by atoms with E-state index < -0.39 is 0 Å². The highest BCUT2D eigenvalue weighted by Crippen LogP contribution is 2.19. The van der Waals surface area contributed by atoms with Crippen LogP contribution in [-0.4, -0.2) is 31.4 Å². The van der Waals surface area contributed by atoms with Gasteiger partial charge in [0.05, 0.1) is 12.1 Å². The van der Waals surface area contributed by atoms with E-state index in [1.807, 2.05) is 12.1 Å². The van der Waals surface area contributed by atoms with Gasteiger partial charge in [-0.15, -0.1) is 22.0 Å². The lowest BCUT2D eigenvalue weighted by atomic mass is 10.1. The summed E-state index contributed by atoms with van der Waals surface area (Å²) in [6, 6.07) is 8.28. The highest BCUT2D eigenvalue weighted by Gasteiger charge is 2.16. The number of carbonyl (C=O) groups excluding carboxylic acids is 1. The molecule has 3 rings (SSSR count). The van der Waals surface area contributed by atoms with Crippen molar-refractivity contribution in [3.05, 3.63) is 46.3 Å². The molecule has 0 fully saturated rings. The molecule has 0 spiro atoms. The number of nitrogens with one attached hydrogen (secondary N) is 1. The Morgan fingerprint density at radius 1 is 1.25 bits per heavy atom. The van der Waals surface area contributed by atoms with Crippen LogP contribution in [0.5, 0.6) is 0 Å². The Labute approximate surface area is 147 Å². The summed E-state index contributed by atoms with van der Waals surface area (Å²) in [6.07, 6.45) is 0.515. The lowest BCUT2D eigenvalue weighted by Gasteiger charge is -2.00. The van der Waals surface area contributed by atoms with Gasteiger partial charge in [-0.05, 0) is 41.9 Å². The number of anilines is 1. The second kappa shape index (κ2) is 7.54. The molecule has 0 saturated carbocycles. The van der Waals surface area contributed by atoms with Gasteiger partial charge in [-0.25, -0.2) is 0 Å². The van der Waals surface area contributed by atoms with Gasteiger partial charge in [0.15, 0.2) is 0 Å². The van der Waals surface area contributed by atoms with Gasteiger partial charge < -0.3 is 4.42 Å². The van der Waals surface area contributed by atoms with E-state index in [1.165, 1.54) is 4.90 Å². The second-order valence-electron chi connectivity index (χ2n) is 4.90. The number of nitrogens with zero attached hydrogens (tertiary/aromatic N) is 4. The van der Waals surface area contributed by atoms with Crippen molar-refractivity contribution in [3.63, 3.8) is 0 Å². The number of hydrogen-bond acceptors (Lipinski definition) is 8. The van der Waals surface area contributed by atoms with E-state index in [2.05, 4.69) is 44.2 Å². The Kier molecular flexibility index (Phi) is 5.21. The summed E-state index contributed by atoms with van der Waals surface area (Å²) in [6.45, 7) is 3.84. The van der Waals surface area contributed by atoms with E-state index in [4.69, 9.17) is 4.42 Å². The SMILES string of the molecule is CCSc1ccc(Cc2nnc(NC(=O)c3snnc3C)o2)cc1. The maximum Gasteiger partial charge on any atom is 0.322 e. The number of thioether (sulfide) groups is 1. The van der Waals surface area contributed by atoms with Crippen molar-refractivity contribution in [2.24, 2.45) is 0 Å². The van der Waals surface area contributed by atoms with E-state index >= 15 is 0 Å². The summed E-state index contributed by atoms with van der Waals surface area (Å²) in [5.41, 5.74) is 1.64. The van der Waals surface area contributed by atoms with E-state index in [1.54, 1.807) is 18.7 Å². The molecule has 3 aromatic rings.